The Balaban J connectivity index is 1.86. The first kappa shape index (κ1) is 13.5. The standard InChI is InChI=1S/C13H19NO3S/c1-17-11-4-2-3-10(13(11)16)14-12(15)7-9-5-6-18-8-9/h5-6,8,10-11,13,16H,2-4,7H2,1H3,(H,14,15)/t10-,11-,13-/m1/s1. The Kier molecular flexibility index (Phi) is 4.74. The monoisotopic (exact) mass is 269 g/mol. The first-order valence-corrected chi connectivity index (χ1v) is 7.16. The molecule has 1 amide bonds. The van der Waals surface area contributed by atoms with E-state index in [0.717, 1.165) is 24.8 Å². The maximum atomic E-state index is 11.9. The van der Waals surface area contributed by atoms with Gasteiger partial charge in [0, 0.05) is 7.11 Å². The van der Waals surface area contributed by atoms with Gasteiger partial charge in [-0.2, -0.15) is 11.3 Å². The number of rotatable bonds is 4. The van der Waals surface area contributed by atoms with Crippen molar-refractivity contribution in [2.24, 2.45) is 0 Å². The fourth-order valence-electron chi connectivity index (χ4n) is 2.39. The number of aliphatic hydroxyl groups excluding tert-OH is 1. The molecule has 1 aromatic heterocycles. The minimum absolute atomic E-state index is 0.0331. The number of nitrogens with one attached hydrogen (secondary N) is 1. The van der Waals surface area contributed by atoms with Crippen molar-refractivity contribution in [3.05, 3.63) is 22.4 Å². The zero-order valence-corrected chi connectivity index (χ0v) is 11.3. The maximum absolute atomic E-state index is 11.9. The summed E-state index contributed by atoms with van der Waals surface area (Å²) in [6, 6.07) is 1.76. The van der Waals surface area contributed by atoms with E-state index in [9.17, 15) is 9.90 Å². The smallest absolute Gasteiger partial charge is 0.224 e. The molecule has 0 saturated heterocycles. The molecule has 5 heteroatoms. The van der Waals surface area contributed by atoms with Gasteiger partial charge < -0.3 is 15.2 Å². The van der Waals surface area contributed by atoms with E-state index in [1.165, 1.54) is 0 Å². The molecule has 1 aliphatic rings. The second kappa shape index (κ2) is 6.31. The van der Waals surface area contributed by atoms with Gasteiger partial charge in [0.1, 0.15) is 6.10 Å². The van der Waals surface area contributed by atoms with E-state index in [-0.39, 0.29) is 18.1 Å². The molecule has 0 spiro atoms. The van der Waals surface area contributed by atoms with Crippen molar-refractivity contribution in [1.29, 1.82) is 0 Å². The molecule has 3 atom stereocenters. The molecule has 0 unspecified atom stereocenters. The molecule has 1 saturated carbocycles. The van der Waals surface area contributed by atoms with Gasteiger partial charge in [-0.3, -0.25) is 4.79 Å². The molecule has 1 fully saturated rings. The van der Waals surface area contributed by atoms with Gasteiger partial charge in [0.05, 0.1) is 18.6 Å². The lowest BCUT2D eigenvalue weighted by atomic mass is 9.90. The summed E-state index contributed by atoms with van der Waals surface area (Å²) in [5.74, 6) is -0.0331. The highest BCUT2D eigenvalue weighted by Gasteiger charge is 2.32. The molecular weight excluding hydrogens is 250 g/mol. The van der Waals surface area contributed by atoms with Gasteiger partial charge >= 0.3 is 0 Å². The number of thiophene rings is 1. The minimum atomic E-state index is -0.602. The third-order valence-electron chi connectivity index (χ3n) is 3.39. The number of hydrogen-bond acceptors (Lipinski definition) is 4. The fourth-order valence-corrected chi connectivity index (χ4v) is 3.06. The van der Waals surface area contributed by atoms with Crippen LogP contribution in [0.2, 0.25) is 0 Å². The average Bonchev–Trinajstić information content (AvgIpc) is 2.84. The Bertz CT molecular complexity index is 380. The number of amides is 1. The predicted octanol–water partition coefficient (Wildman–Crippen LogP) is 1.34. The fraction of sp³-hybridized carbons (Fsp3) is 0.615. The largest absolute Gasteiger partial charge is 0.388 e. The molecule has 1 heterocycles. The number of aliphatic hydroxyl groups is 1. The van der Waals surface area contributed by atoms with Gasteiger partial charge in [-0.05, 0) is 41.7 Å². The highest BCUT2D eigenvalue weighted by Crippen LogP contribution is 2.21. The van der Waals surface area contributed by atoms with Crippen molar-refractivity contribution < 1.29 is 14.6 Å². The number of ether oxygens (including phenoxy) is 1. The number of carbonyl (C=O) groups excluding carboxylic acids is 1. The van der Waals surface area contributed by atoms with Gasteiger partial charge in [-0.1, -0.05) is 0 Å². The average molecular weight is 269 g/mol. The lowest BCUT2D eigenvalue weighted by Crippen LogP contribution is -2.51. The first-order chi connectivity index (χ1) is 8.70. The molecule has 1 aromatic rings. The summed E-state index contributed by atoms with van der Waals surface area (Å²) in [6.07, 6.45) is 2.26. The van der Waals surface area contributed by atoms with E-state index in [1.54, 1.807) is 18.4 Å². The van der Waals surface area contributed by atoms with E-state index in [1.807, 2.05) is 16.8 Å². The summed E-state index contributed by atoms with van der Waals surface area (Å²) >= 11 is 1.58. The molecule has 4 nitrogen and oxygen atoms in total. The van der Waals surface area contributed by atoms with Gasteiger partial charge in [-0.15, -0.1) is 0 Å². The Labute approximate surface area is 111 Å². The lowest BCUT2D eigenvalue weighted by Gasteiger charge is -2.34. The van der Waals surface area contributed by atoms with Gasteiger partial charge in [0.15, 0.2) is 0 Å². The predicted molar refractivity (Wildman–Crippen MR) is 70.6 cm³/mol. The van der Waals surface area contributed by atoms with Crippen LogP contribution in [-0.4, -0.2) is 36.4 Å². The molecule has 18 heavy (non-hydrogen) atoms. The molecule has 1 aliphatic carbocycles. The normalized spacial score (nSPS) is 28.0. The van der Waals surface area contributed by atoms with E-state index in [4.69, 9.17) is 4.74 Å². The number of methoxy groups -OCH3 is 1. The SMILES string of the molecule is CO[C@@H]1CCC[C@@H](NC(=O)Cc2ccsc2)[C@H]1O. The molecule has 2 rings (SSSR count). The Morgan fingerprint density at radius 3 is 3.11 bits per heavy atom. The van der Waals surface area contributed by atoms with E-state index in [2.05, 4.69) is 5.32 Å². The van der Waals surface area contributed by atoms with Crippen LogP contribution in [0.3, 0.4) is 0 Å². The van der Waals surface area contributed by atoms with Crippen LogP contribution in [0.1, 0.15) is 24.8 Å². The quantitative estimate of drug-likeness (QED) is 0.867. The topological polar surface area (TPSA) is 58.6 Å². The first-order valence-electron chi connectivity index (χ1n) is 6.22. The van der Waals surface area contributed by atoms with Crippen LogP contribution in [0, 0.1) is 0 Å². The van der Waals surface area contributed by atoms with E-state index in [0.29, 0.717) is 6.42 Å². The summed E-state index contributed by atoms with van der Waals surface area (Å²) in [6.45, 7) is 0. The highest BCUT2D eigenvalue weighted by atomic mass is 32.1. The third kappa shape index (κ3) is 3.31. The molecule has 0 radical (unpaired) electrons. The maximum Gasteiger partial charge on any atom is 0.224 e. The Morgan fingerprint density at radius 2 is 2.44 bits per heavy atom. The zero-order valence-electron chi connectivity index (χ0n) is 10.5. The van der Waals surface area contributed by atoms with Gasteiger partial charge in [0.25, 0.3) is 0 Å². The van der Waals surface area contributed by atoms with E-state index < -0.39 is 6.10 Å². The van der Waals surface area contributed by atoms with Gasteiger partial charge in [0.2, 0.25) is 5.91 Å². The lowest BCUT2D eigenvalue weighted by molar-refractivity contribution is -0.124. The van der Waals surface area contributed by atoms with Crippen LogP contribution in [0.25, 0.3) is 0 Å². The summed E-state index contributed by atoms with van der Waals surface area (Å²) in [7, 11) is 1.60. The van der Waals surface area contributed by atoms with Crippen LogP contribution in [0.15, 0.2) is 16.8 Å². The Morgan fingerprint density at radius 1 is 1.61 bits per heavy atom. The van der Waals surface area contributed by atoms with Crippen LogP contribution >= 0.6 is 11.3 Å². The van der Waals surface area contributed by atoms with Crippen LogP contribution in [-0.2, 0) is 16.0 Å². The van der Waals surface area contributed by atoms with Crippen molar-refractivity contribution in [3.8, 4) is 0 Å². The molecule has 0 aromatic carbocycles. The number of carbonyl (C=O) groups is 1. The van der Waals surface area contributed by atoms with Crippen molar-refractivity contribution >= 4 is 17.2 Å². The molecule has 0 aliphatic heterocycles. The van der Waals surface area contributed by atoms with Crippen LogP contribution in [0.4, 0.5) is 0 Å². The second-order valence-electron chi connectivity index (χ2n) is 4.68. The molecule has 100 valence electrons. The van der Waals surface area contributed by atoms with Gasteiger partial charge in [-0.25, -0.2) is 0 Å². The van der Waals surface area contributed by atoms with Crippen molar-refractivity contribution in [2.75, 3.05) is 7.11 Å². The summed E-state index contributed by atoms with van der Waals surface area (Å²) in [5, 5.41) is 16.9. The minimum Gasteiger partial charge on any atom is -0.388 e. The molecule has 0 bridgehead atoms. The van der Waals surface area contributed by atoms with Crippen molar-refractivity contribution in [1.82, 2.24) is 5.32 Å². The Hall–Kier alpha value is -0.910. The van der Waals surface area contributed by atoms with Crippen LogP contribution in [0.5, 0.6) is 0 Å². The number of hydrogen-bond donors (Lipinski definition) is 2. The van der Waals surface area contributed by atoms with Crippen molar-refractivity contribution in [2.45, 2.75) is 43.9 Å². The summed E-state index contributed by atoms with van der Waals surface area (Å²) in [4.78, 5) is 11.9. The van der Waals surface area contributed by atoms with Crippen molar-refractivity contribution in [3.63, 3.8) is 0 Å². The summed E-state index contributed by atoms with van der Waals surface area (Å²) in [5.41, 5.74) is 1.02. The zero-order chi connectivity index (χ0) is 13.0. The molecule has 2 N–H and O–H groups in total. The van der Waals surface area contributed by atoms with E-state index >= 15 is 0 Å². The highest BCUT2D eigenvalue weighted by molar-refractivity contribution is 7.07. The molecular formula is C13H19NO3S. The third-order valence-corrected chi connectivity index (χ3v) is 4.12. The second-order valence-corrected chi connectivity index (χ2v) is 5.46. The van der Waals surface area contributed by atoms with Crippen LogP contribution < -0.4 is 5.32 Å². The summed E-state index contributed by atoms with van der Waals surface area (Å²) < 4.78 is 5.22.